The molecule has 0 radical (unpaired) electrons. The minimum absolute atomic E-state index is 0.951. The normalized spacial score (nSPS) is 62.3. The van der Waals surface area contributed by atoms with Crippen LogP contribution in [0.15, 0.2) is 0 Å². The topological polar surface area (TPSA) is 3.24 Å². The quantitative estimate of drug-likeness (QED) is 0.463. The summed E-state index contributed by atoms with van der Waals surface area (Å²) >= 11 is 0. The molecule has 3 atom stereocenters. The average Bonchev–Trinajstić information content (AvgIpc) is 2.63. The zero-order chi connectivity index (χ0) is 6.06. The molecular formula is C8H13N. The molecule has 0 aromatic heterocycles. The van der Waals surface area contributed by atoms with Crippen LogP contribution >= 0.6 is 0 Å². The molecule has 0 amide bonds. The van der Waals surface area contributed by atoms with Gasteiger partial charge in [0, 0.05) is 6.54 Å². The second-order valence-electron chi connectivity index (χ2n) is 4.16. The van der Waals surface area contributed by atoms with Gasteiger partial charge in [-0.25, -0.2) is 0 Å². The summed E-state index contributed by atoms with van der Waals surface area (Å²) in [5.74, 6) is 2.35. The lowest BCUT2D eigenvalue weighted by atomic mass is 9.98. The molecule has 9 heavy (non-hydrogen) atoms. The third-order valence-electron chi connectivity index (χ3n) is 3.76. The van der Waals surface area contributed by atoms with E-state index >= 15 is 0 Å². The molecule has 1 heteroatoms. The molecule has 3 fully saturated rings. The molecule has 2 saturated carbocycles. The number of hydrogen-bond donors (Lipinski definition) is 0. The maximum atomic E-state index is 2.49. The van der Waals surface area contributed by atoms with E-state index in [1.165, 1.54) is 25.4 Å². The van der Waals surface area contributed by atoms with E-state index in [1.54, 1.807) is 6.42 Å². The number of piperidine rings is 1. The second kappa shape index (κ2) is 1.07. The Labute approximate surface area is 56.0 Å². The molecule has 0 aromatic carbocycles. The van der Waals surface area contributed by atoms with Crippen molar-refractivity contribution in [2.75, 3.05) is 20.1 Å². The maximum absolute atomic E-state index is 2.49. The second-order valence-corrected chi connectivity index (χ2v) is 4.16. The SMILES string of the molecule is CN1CC[C@]23CC2C3C1. The Kier molecular flexibility index (Phi) is 0.563. The molecule has 1 saturated heterocycles. The summed E-state index contributed by atoms with van der Waals surface area (Å²) in [6, 6.07) is 0. The Balaban J connectivity index is 1.81. The lowest BCUT2D eigenvalue weighted by molar-refractivity contribution is 0.211. The summed E-state index contributed by atoms with van der Waals surface area (Å²) in [4.78, 5) is 2.49. The van der Waals surface area contributed by atoms with Gasteiger partial charge in [0.2, 0.25) is 0 Å². The van der Waals surface area contributed by atoms with E-state index in [4.69, 9.17) is 0 Å². The van der Waals surface area contributed by atoms with Crippen molar-refractivity contribution in [1.29, 1.82) is 0 Å². The van der Waals surface area contributed by atoms with Crippen molar-refractivity contribution in [2.24, 2.45) is 17.3 Å². The summed E-state index contributed by atoms with van der Waals surface area (Å²) in [6.45, 7) is 2.78. The van der Waals surface area contributed by atoms with Gasteiger partial charge in [-0.2, -0.15) is 0 Å². The zero-order valence-electron chi connectivity index (χ0n) is 5.93. The third-order valence-corrected chi connectivity index (χ3v) is 3.76. The molecule has 1 aliphatic heterocycles. The van der Waals surface area contributed by atoms with Crippen LogP contribution in [0, 0.1) is 17.3 Å². The van der Waals surface area contributed by atoms with Gasteiger partial charge in [0.15, 0.2) is 0 Å². The summed E-state index contributed by atoms with van der Waals surface area (Å²) in [7, 11) is 2.25. The molecule has 3 aliphatic rings. The third kappa shape index (κ3) is 0.389. The molecule has 1 spiro atoms. The van der Waals surface area contributed by atoms with Gasteiger partial charge in [0.25, 0.3) is 0 Å². The van der Waals surface area contributed by atoms with Crippen molar-refractivity contribution in [3.05, 3.63) is 0 Å². The van der Waals surface area contributed by atoms with Crippen molar-refractivity contribution in [3.8, 4) is 0 Å². The first kappa shape index (κ1) is 4.73. The summed E-state index contributed by atoms with van der Waals surface area (Å²) in [6.07, 6.45) is 3.10. The van der Waals surface area contributed by atoms with E-state index in [0.29, 0.717) is 0 Å². The lowest BCUT2D eigenvalue weighted by Gasteiger charge is -2.26. The highest BCUT2D eigenvalue weighted by molar-refractivity contribution is 5.27. The smallest absolute Gasteiger partial charge is 0.00149 e. The van der Waals surface area contributed by atoms with Crippen LogP contribution in [0.25, 0.3) is 0 Å². The number of rotatable bonds is 0. The molecule has 50 valence electrons. The van der Waals surface area contributed by atoms with E-state index in [0.717, 1.165) is 11.3 Å². The Bertz CT molecular complexity index is 166. The van der Waals surface area contributed by atoms with E-state index in [9.17, 15) is 0 Å². The molecule has 3 rings (SSSR count). The van der Waals surface area contributed by atoms with Crippen molar-refractivity contribution in [2.45, 2.75) is 12.8 Å². The minimum atomic E-state index is 0.951. The molecular weight excluding hydrogens is 110 g/mol. The predicted molar refractivity (Wildman–Crippen MR) is 36.1 cm³/mol. The zero-order valence-corrected chi connectivity index (χ0v) is 5.93. The van der Waals surface area contributed by atoms with Crippen molar-refractivity contribution < 1.29 is 0 Å². The maximum Gasteiger partial charge on any atom is 0.00149 e. The van der Waals surface area contributed by atoms with Gasteiger partial charge in [-0.3, -0.25) is 0 Å². The van der Waals surface area contributed by atoms with Crippen molar-refractivity contribution in [3.63, 3.8) is 0 Å². The summed E-state index contributed by atoms with van der Waals surface area (Å²) in [5, 5.41) is 0. The van der Waals surface area contributed by atoms with E-state index < -0.39 is 0 Å². The predicted octanol–water partition coefficient (Wildman–Crippen LogP) is 0.958. The van der Waals surface area contributed by atoms with Crippen LogP contribution in [0.1, 0.15) is 12.8 Å². The summed E-state index contributed by atoms with van der Waals surface area (Å²) in [5.41, 5.74) is 0.951. The van der Waals surface area contributed by atoms with Crippen LogP contribution in [0.5, 0.6) is 0 Å². The molecule has 0 N–H and O–H groups in total. The van der Waals surface area contributed by atoms with E-state index in [-0.39, 0.29) is 0 Å². The Hall–Kier alpha value is -0.0400. The van der Waals surface area contributed by atoms with Crippen molar-refractivity contribution >= 4 is 0 Å². The monoisotopic (exact) mass is 123 g/mol. The molecule has 0 bridgehead atoms. The van der Waals surface area contributed by atoms with E-state index in [1.807, 2.05) is 0 Å². The molecule has 1 heterocycles. The number of hydrogen-bond acceptors (Lipinski definition) is 1. The number of likely N-dealkylation sites (tertiary alicyclic amines) is 1. The van der Waals surface area contributed by atoms with Gasteiger partial charge in [-0.05, 0) is 43.7 Å². The van der Waals surface area contributed by atoms with Crippen LogP contribution in [-0.4, -0.2) is 25.0 Å². The van der Waals surface area contributed by atoms with Crippen molar-refractivity contribution in [1.82, 2.24) is 4.90 Å². The fourth-order valence-electron chi connectivity index (χ4n) is 2.76. The van der Waals surface area contributed by atoms with Gasteiger partial charge in [-0.15, -0.1) is 0 Å². The number of nitrogens with zero attached hydrogens (tertiary/aromatic N) is 1. The fourth-order valence-corrected chi connectivity index (χ4v) is 2.76. The van der Waals surface area contributed by atoms with Crippen LogP contribution in [-0.2, 0) is 0 Å². The Morgan fingerprint density at radius 1 is 1.44 bits per heavy atom. The standard InChI is InChI=1S/C8H13N/c1-9-3-2-8-4-6(8)7(8)5-9/h6-7H,2-5H2,1H3/t6?,7?,8-/m0/s1. The van der Waals surface area contributed by atoms with E-state index in [2.05, 4.69) is 11.9 Å². The summed E-state index contributed by atoms with van der Waals surface area (Å²) < 4.78 is 0. The van der Waals surface area contributed by atoms with Crippen LogP contribution in [0.2, 0.25) is 0 Å². The Morgan fingerprint density at radius 3 is 2.89 bits per heavy atom. The van der Waals surface area contributed by atoms with Gasteiger partial charge >= 0.3 is 0 Å². The lowest BCUT2D eigenvalue weighted by Crippen LogP contribution is -2.31. The van der Waals surface area contributed by atoms with Crippen LogP contribution in [0.3, 0.4) is 0 Å². The molecule has 0 aromatic rings. The molecule has 2 unspecified atom stereocenters. The number of fused-ring (bicyclic) bond motifs is 1. The largest absolute Gasteiger partial charge is 0.306 e. The van der Waals surface area contributed by atoms with Gasteiger partial charge in [0.05, 0.1) is 0 Å². The average molecular weight is 123 g/mol. The molecule has 1 nitrogen and oxygen atoms in total. The highest BCUT2D eigenvalue weighted by atomic mass is 15.1. The molecule has 2 aliphatic carbocycles. The Morgan fingerprint density at radius 2 is 2.33 bits per heavy atom. The van der Waals surface area contributed by atoms with Crippen LogP contribution in [0.4, 0.5) is 0 Å². The highest BCUT2D eigenvalue weighted by Crippen LogP contribution is 2.82. The fraction of sp³-hybridized carbons (Fsp3) is 1.00. The van der Waals surface area contributed by atoms with Gasteiger partial charge in [-0.1, -0.05) is 0 Å². The first-order valence-electron chi connectivity index (χ1n) is 4.01. The highest BCUT2D eigenvalue weighted by Gasteiger charge is 2.78. The van der Waals surface area contributed by atoms with Gasteiger partial charge in [0.1, 0.15) is 0 Å². The first-order valence-corrected chi connectivity index (χ1v) is 4.01. The van der Waals surface area contributed by atoms with Gasteiger partial charge < -0.3 is 4.90 Å². The minimum Gasteiger partial charge on any atom is -0.306 e. The van der Waals surface area contributed by atoms with Crippen LogP contribution < -0.4 is 0 Å². The first-order chi connectivity index (χ1) is 4.33.